The Morgan fingerprint density at radius 1 is 1.32 bits per heavy atom. The molecule has 0 aliphatic heterocycles. The average Bonchev–Trinajstić information content (AvgIpc) is 2.89. The molecule has 8 nitrogen and oxygen atoms in total. The van der Waals surface area contributed by atoms with E-state index in [9.17, 15) is 9.59 Å². The lowest BCUT2D eigenvalue weighted by atomic mass is 10.2. The zero-order valence-corrected chi connectivity index (χ0v) is 12.5. The lowest BCUT2D eigenvalue weighted by Crippen LogP contribution is -2.25. The number of hydrogen-bond acceptors (Lipinski definition) is 6. The number of carbonyl (C=O) groups excluding carboxylic acids is 2. The second kappa shape index (κ2) is 6.25. The van der Waals surface area contributed by atoms with Crippen molar-refractivity contribution < 1.29 is 14.3 Å². The number of benzene rings is 1. The van der Waals surface area contributed by atoms with Gasteiger partial charge in [0.2, 0.25) is 11.6 Å². The maximum atomic E-state index is 12.2. The van der Waals surface area contributed by atoms with Crippen molar-refractivity contribution in [2.45, 2.75) is 19.9 Å². The minimum Gasteiger partial charge on any atom is -0.464 e. The summed E-state index contributed by atoms with van der Waals surface area (Å²) in [4.78, 5) is 23.7. The highest BCUT2D eigenvalue weighted by Crippen LogP contribution is 2.17. The van der Waals surface area contributed by atoms with Crippen LogP contribution < -0.4 is 11.1 Å². The van der Waals surface area contributed by atoms with E-state index in [1.165, 1.54) is 11.8 Å². The van der Waals surface area contributed by atoms with Gasteiger partial charge in [0.15, 0.2) is 5.82 Å². The largest absolute Gasteiger partial charge is 0.464 e. The summed E-state index contributed by atoms with van der Waals surface area (Å²) in [7, 11) is 1.22. The molecular formula is C14H17N5O3. The van der Waals surface area contributed by atoms with Crippen molar-refractivity contribution in [1.29, 1.82) is 0 Å². The predicted octanol–water partition coefficient (Wildman–Crippen LogP) is 1.16. The van der Waals surface area contributed by atoms with Crippen LogP contribution in [0.3, 0.4) is 0 Å². The van der Waals surface area contributed by atoms with Gasteiger partial charge in [0.1, 0.15) is 6.04 Å². The van der Waals surface area contributed by atoms with Gasteiger partial charge in [-0.15, -0.1) is 5.10 Å². The summed E-state index contributed by atoms with van der Waals surface area (Å²) in [5, 5.41) is 10.1. The van der Waals surface area contributed by atoms with Crippen LogP contribution in [0.1, 0.15) is 29.0 Å². The van der Waals surface area contributed by atoms with Crippen LogP contribution >= 0.6 is 0 Å². The van der Waals surface area contributed by atoms with Crippen LogP contribution in [0.25, 0.3) is 0 Å². The summed E-state index contributed by atoms with van der Waals surface area (Å²) >= 11 is 0. The topological polar surface area (TPSA) is 112 Å². The van der Waals surface area contributed by atoms with Crippen LogP contribution in [0.5, 0.6) is 0 Å². The fourth-order valence-electron chi connectivity index (χ4n) is 1.82. The smallest absolute Gasteiger partial charge is 0.362 e. The van der Waals surface area contributed by atoms with Crippen molar-refractivity contribution in [2.75, 3.05) is 18.2 Å². The Hall–Kier alpha value is -2.90. The molecule has 0 aliphatic rings. The van der Waals surface area contributed by atoms with E-state index in [-0.39, 0.29) is 17.4 Å². The van der Waals surface area contributed by atoms with Gasteiger partial charge in [-0.25, -0.2) is 9.48 Å². The summed E-state index contributed by atoms with van der Waals surface area (Å²) in [6.45, 7) is 3.56. The molecule has 1 aromatic heterocycles. The molecule has 1 unspecified atom stereocenters. The maximum absolute atomic E-state index is 12.2. The molecule has 8 heteroatoms. The first-order valence-electron chi connectivity index (χ1n) is 6.60. The zero-order chi connectivity index (χ0) is 16.3. The summed E-state index contributed by atoms with van der Waals surface area (Å²) in [6, 6.07) is 6.64. The van der Waals surface area contributed by atoms with Gasteiger partial charge in [0, 0.05) is 5.69 Å². The van der Waals surface area contributed by atoms with E-state index in [1.54, 1.807) is 19.1 Å². The molecule has 0 radical (unpaired) electrons. The number of nitrogen functional groups attached to an aromatic ring is 1. The molecule has 1 amide bonds. The fraction of sp³-hybridized carbons (Fsp3) is 0.286. The summed E-state index contributed by atoms with van der Waals surface area (Å²) in [5.74, 6) is -1.04. The monoisotopic (exact) mass is 303 g/mol. The van der Waals surface area contributed by atoms with Crippen molar-refractivity contribution in [1.82, 2.24) is 15.0 Å². The van der Waals surface area contributed by atoms with Crippen LogP contribution in [0.2, 0.25) is 0 Å². The maximum Gasteiger partial charge on any atom is 0.362 e. The molecule has 3 N–H and O–H groups in total. The number of rotatable bonds is 4. The number of aryl methyl sites for hydroxylation is 1. The van der Waals surface area contributed by atoms with E-state index >= 15 is 0 Å². The van der Waals surface area contributed by atoms with Gasteiger partial charge in [-0.3, -0.25) is 4.79 Å². The number of carbonyl (C=O) groups is 2. The first-order valence-corrected chi connectivity index (χ1v) is 6.60. The normalized spacial score (nSPS) is 11.8. The van der Waals surface area contributed by atoms with E-state index in [1.807, 2.05) is 19.1 Å². The van der Waals surface area contributed by atoms with Crippen molar-refractivity contribution >= 4 is 23.4 Å². The highest BCUT2D eigenvalue weighted by atomic mass is 16.5. The molecule has 2 rings (SSSR count). The van der Waals surface area contributed by atoms with Gasteiger partial charge in [0.25, 0.3) is 0 Å². The number of anilines is 2. The third kappa shape index (κ3) is 3.05. The van der Waals surface area contributed by atoms with E-state index in [0.717, 1.165) is 5.56 Å². The van der Waals surface area contributed by atoms with Gasteiger partial charge in [-0.05, 0) is 26.0 Å². The van der Waals surface area contributed by atoms with Gasteiger partial charge in [-0.1, -0.05) is 22.9 Å². The van der Waals surface area contributed by atoms with Crippen molar-refractivity contribution in [3.05, 3.63) is 35.5 Å². The molecule has 2 aromatic rings. The van der Waals surface area contributed by atoms with Crippen molar-refractivity contribution in [3.63, 3.8) is 0 Å². The Morgan fingerprint density at radius 3 is 2.55 bits per heavy atom. The van der Waals surface area contributed by atoms with Gasteiger partial charge < -0.3 is 15.8 Å². The Balaban J connectivity index is 2.15. The molecule has 0 spiro atoms. The first-order chi connectivity index (χ1) is 10.4. The highest BCUT2D eigenvalue weighted by molar-refractivity contribution is 5.95. The minimum atomic E-state index is -0.729. The summed E-state index contributed by atoms with van der Waals surface area (Å²) in [5.41, 5.74) is 7.43. The summed E-state index contributed by atoms with van der Waals surface area (Å²) < 4.78 is 5.72. The summed E-state index contributed by atoms with van der Waals surface area (Å²) in [6.07, 6.45) is 0. The quantitative estimate of drug-likeness (QED) is 0.819. The number of ether oxygens (including phenoxy) is 1. The predicted molar refractivity (Wildman–Crippen MR) is 80.3 cm³/mol. The Kier molecular flexibility index (Phi) is 4.40. The standard InChI is InChI=1S/C14H17N5O3/c1-8-4-6-10(7-5-8)16-13(20)9(2)19-12(15)11(17-18-19)14(21)22-3/h4-7,9H,15H2,1-3H3,(H,16,20). The minimum absolute atomic E-state index is 0.0154. The van der Waals surface area contributed by atoms with Crippen LogP contribution in [0, 0.1) is 6.92 Å². The lowest BCUT2D eigenvalue weighted by molar-refractivity contribution is -0.119. The molecule has 0 aliphatic carbocycles. The molecule has 0 bridgehead atoms. The molecule has 0 fully saturated rings. The number of esters is 1. The third-order valence-corrected chi connectivity index (χ3v) is 3.17. The zero-order valence-electron chi connectivity index (χ0n) is 12.5. The molecule has 116 valence electrons. The SMILES string of the molecule is COC(=O)c1nnn(C(C)C(=O)Nc2ccc(C)cc2)c1N. The Bertz CT molecular complexity index is 693. The van der Waals surface area contributed by atoms with Gasteiger partial charge in [-0.2, -0.15) is 0 Å². The second-order valence-electron chi connectivity index (χ2n) is 4.79. The Labute approximate surface area is 127 Å². The fourth-order valence-corrected chi connectivity index (χ4v) is 1.82. The molecular weight excluding hydrogens is 286 g/mol. The number of methoxy groups -OCH3 is 1. The molecule has 1 heterocycles. The molecule has 0 saturated carbocycles. The molecule has 1 aromatic carbocycles. The van der Waals surface area contributed by atoms with Crippen molar-refractivity contribution in [2.24, 2.45) is 0 Å². The lowest BCUT2D eigenvalue weighted by Gasteiger charge is -2.13. The first kappa shape index (κ1) is 15.5. The average molecular weight is 303 g/mol. The van der Waals surface area contributed by atoms with Crippen LogP contribution in [-0.2, 0) is 9.53 Å². The highest BCUT2D eigenvalue weighted by Gasteiger charge is 2.24. The van der Waals surface area contributed by atoms with E-state index < -0.39 is 12.0 Å². The molecule has 0 saturated heterocycles. The molecule has 1 atom stereocenters. The molecule has 22 heavy (non-hydrogen) atoms. The third-order valence-electron chi connectivity index (χ3n) is 3.17. The number of nitrogens with two attached hydrogens (primary N) is 1. The van der Waals surface area contributed by atoms with E-state index in [2.05, 4.69) is 20.4 Å². The van der Waals surface area contributed by atoms with Gasteiger partial charge >= 0.3 is 5.97 Å². The second-order valence-corrected chi connectivity index (χ2v) is 4.79. The van der Waals surface area contributed by atoms with Crippen LogP contribution in [-0.4, -0.2) is 34.0 Å². The van der Waals surface area contributed by atoms with Crippen LogP contribution in [0.15, 0.2) is 24.3 Å². The number of nitrogens with one attached hydrogen (secondary N) is 1. The Morgan fingerprint density at radius 2 is 1.95 bits per heavy atom. The van der Waals surface area contributed by atoms with Gasteiger partial charge in [0.05, 0.1) is 7.11 Å². The van der Waals surface area contributed by atoms with E-state index in [4.69, 9.17) is 5.73 Å². The number of nitrogens with zero attached hydrogens (tertiary/aromatic N) is 3. The number of amides is 1. The van der Waals surface area contributed by atoms with E-state index in [0.29, 0.717) is 5.69 Å². The van der Waals surface area contributed by atoms with Crippen LogP contribution in [0.4, 0.5) is 11.5 Å². The number of hydrogen-bond donors (Lipinski definition) is 2. The number of aromatic nitrogens is 3. The van der Waals surface area contributed by atoms with Crippen molar-refractivity contribution in [3.8, 4) is 0 Å².